The summed E-state index contributed by atoms with van der Waals surface area (Å²) in [4.78, 5) is 0. The molecule has 2 unspecified atom stereocenters. The lowest BCUT2D eigenvalue weighted by Crippen LogP contribution is -2.36. The van der Waals surface area contributed by atoms with E-state index in [2.05, 4.69) is 78.5 Å². The zero-order valence-electron chi connectivity index (χ0n) is 12.8. The van der Waals surface area contributed by atoms with Crippen molar-refractivity contribution in [3.05, 3.63) is 0 Å². The molecule has 2 atom stereocenters. The van der Waals surface area contributed by atoms with E-state index in [9.17, 15) is 0 Å². The first-order chi connectivity index (χ1) is 6.89. The molecule has 0 aromatic carbocycles. The number of hydrazine groups is 1. The minimum absolute atomic E-state index is 0.126. The highest BCUT2D eigenvalue weighted by molar-refractivity contribution is 7.59. The van der Waals surface area contributed by atoms with Crippen LogP contribution >= 0.6 is 16.1 Å². The van der Waals surface area contributed by atoms with E-state index < -0.39 is 0 Å². The molecule has 0 N–H and O–H groups in total. The quantitative estimate of drug-likeness (QED) is 0.550. The monoisotopic (exact) mass is 264 g/mol. The van der Waals surface area contributed by atoms with Crippen LogP contribution in [0.15, 0.2) is 0 Å². The van der Waals surface area contributed by atoms with Crippen molar-refractivity contribution in [3.8, 4) is 0 Å². The molecule has 0 amide bonds. The smallest absolute Gasteiger partial charge is 0.00627 e. The predicted molar refractivity (Wildman–Crippen MR) is 80.7 cm³/mol. The summed E-state index contributed by atoms with van der Waals surface area (Å²) in [5, 5.41) is 0.763. The topological polar surface area (TPSA) is 6.48 Å². The molecule has 0 bridgehead atoms. The summed E-state index contributed by atoms with van der Waals surface area (Å²) in [5.41, 5.74) is 0. The highest BCUT2D eigenvalue weighted by Gasteiger charge is 2.31. The van der Waals surface area contributed by atoms with Gasteiger partial charge in [0.1, 0.15) is 0 Å². The summed E-state index contributed by atoms with van der Waals surface area (Å²) >= 11 is 0. The van der Waals surface area contributed by atoms with Gasteiger partial charge in [0.15, 0.2) is 0 Å². The Morgan fingerprint density at radius 2 is 0.812 bits per heavy atom. The molecule has 0 aliphatic carbocycles. The second-order valence-corrected chi connectivity index (χ2v) is 12.3. The maximum Gasteiger partial charge on any atom is 0.00627 e. The van der Waals surface area contributed by atoms with Gasteiger partial charge in [-0.1, -0.05) is 41.5 Å². The van der Waals surface area contributed by atoms with Crippen LogP contribution < -0.4 is 0 Å². The first-order valence-corrected chi connectivity index (χ1v) is 9.32. The minimum Gasteiger partial charge on any atom is -0.220 e. The number of nitrogens with zero attached hydrogens (tertiary/aromatic N) is 2. The van der Waals surface area contributed by atoms with Crippen LogP contribution in [-0.2, 0) is 0 Å². The zero-order chi connectivity index (χ0) is 13.3. The Morgan fingerprint density at radius 1 is 0.625 bits per heavy atom. The molecule has 0 heterocycles. The zero-order valence-corrected chi connectivity index (χ0v) is 14.6. The van der Waals surface area contributed by atoms with Crippen molar-refractivity contribution < 1.29 is 0 Å². The molecule has 16 heavy (non-hydrogen) atoms. The van der Waals surface area contributed by atoms with Crippen molar-refractivity contribution >= 4 is 16.1 Å². The van der Waals surface area contributed by atoms with E-state index >= 15 is 0 Å². The number of rotatable bonds is 3. The van der Waals surface area contributed by atoms with Crippen molar-refractivity contribution in [2.75, 3.05) is 27.4 Å². The van der Waals surface area contributed by atoms with Crippen LogP contribution in [0.1, 0.15) is 41.5 Å². The van der Waals surface area contributed by atoms with Crippen LogP contribution in [0, 0.1) is 0 Å². The average molecular weight is 264 g/mol. The Kier molecular flexibility index (Phi) is 5.89. The highest BCUT2D eigenvalue weighted by Crippen LogP contribution is 2.56. The Bertz CT molecular complexity index is 194. The van der Waals surface area contributed by atoms with E-state index in [4.69, 9.17) is 0 Å². The van der Waals surface area contributed by atoms with E-state index in [1.54, 1.807) is 0 Å². The van der Waals surface area contributed by atoms with Crippen molar-refractivity contribution in [2.24, 2.45) is 0 Å². The molecule has 0 aliphatic heterocycles. The van der Waals surface area contributed by atoms with Gasteiger partial charge in [-0.15, -0.1) is 0 Å². The molecule has 0 saturated heterocycles. The Hall–Kier alpha value is 0.780. The molecule has 0 aliphatic rings. The summed E-state index contributed by atoms with van der Waals surface area (Å²) < 4.78 is 4.93. The van der Waals surface area contributed by atoms with Gasteiger partial charge in [-0.3, -0.25) is 0 Å². The summed E-state index contributed by atoms with van der Waals surface area (Å²) in [5.74, 6) is 0. The minimum atomic E-state index is -0.126. The van der Waals surface area contributed by atoms with Gasteiger partial charge in [0, 0.05) is 14.1 Å². The lowest BCUT2D eigenvalue weighted by Gasteiger charge is -2.46. The molecule has 0 aromatic heterocycles. The van der Waals surface area contributed by atoms with E-state index in [0.29, 0.717) is 10.3 Å². The lowest BCUT2D eigenvalue weighted by atomic mass is 10.3. The molecule has 0 fully saturated rings. The summed E-state index contributed by atoms with van der Waals surface area (Å²) in [6, 6.07) is 0. The van der Waals surface area contributed by atoms with Gasteiger partial charge in [-0.05, 0) is 39.8 Å². The molecule has 98 valence electrons. The molecule has 0 aromatic rings. The molecule has 4 heteroatoms. The van der Waals surface area contributed by atoms with E-state index in [-0.39, 0.29) is 16.1 Å². The lowest BCUT2D eigenvalue weighted by molar-refractivity contribution is 0.254. The first kappa shape index (κ1) is 16.8. The third kappa shape index (κ3) is 4.57. The summed E-state index contributed by atoms with van der Waals surface area (Å²) in [6.07, 6.45) is 0. The largest absolute Gasteiger partial charge is 0.220 e. The average Bonchev–Trinajstić information content (AvgIpc) is 2.10. The fraction of sp³-hybridized carbons (Fsp3) is 1.00. The van der Waals surface area contributed by atoms with Crippen LogP contribution in [0.25, 0.3) is 0 Å². The van der Waals surface area contributed by atoms with Crippen LogP contribution in [0.2, 0.25) is 0 Å². The van der Waals surface area contributed by atoms with Crippen molar-refractivity contribution in [1.29, 1.82) is 0 Å². The number of hydrogen-bond acceptors (Lipinski definition) is 2. The van der Waals surface area contributed by atoms with Crippen molar-refractivity contribution in [3.63, 3.8) is 0 Å². The maximum absolute atomic E-state index is 2.46. The molecule has 2 nitrogen and oxygen atoms in total. The number of hydrogen-bond donors (Lipinski definition) is 0. The van der Waals surface area contributed by atoms with Crippen molar-refractivity contribution in [1.82, 2.24) is 9.56 Å². The van der Waals surface area contributed by atoms with Crippen LogP contribution in [0.3, 0.4) is 0 Å². The second-order valence-electron chi connectivity index (χ2n) is 6.37. The second kappa shape index (κ2) is 5.61. The van der Waals surface area contributed by atoms with Gasteiger partial charge in [-0.2, -0.15) is 0 Å². The molecule has 0 spiro atoms. The third-order valence-corrected chi connectivity index (χ3v) is 9.53. The summed E-state index contributed by atoms with van der Waals surface area (Å²) in [6.45, 7) is 18.7. The summed E-state index contributed by atoms with van der Waals surface area (Å²) in [7, 11) is 4.22. The van der Waals surface area contributed by atoms with Gasteiger partial charge in [-0.25, -0.2) is 9.56 Å². The van der Waals surface area contributed by atoms with Crippen molar-refractivity contribution in [2.45, 2.75) is 51.9 Å². The molecule has 0 rings (SSSR count). The Labute approximate surface area is 105 Å². The van der Waals surface area contributed by atoms with E-state index in [0.717, 1.165) is 0 Å². The van der Waals surface area contributed by atoms with Crippen LogP contribution in [0.4, 0.5) is 0 Å². The molecular formula is C12H30N2P2. The predicted octanol–water partition coefficient (Wildman–Crippen LogP) is 4.42. The van der Waals surface area contributed by atoms with Gasteiger partial charge < -0.3 is 0 Å². The van der Waals surface area contributed by atoms with Gasteiger partial charge >= 0.3 is 0 Å². The van der Waals surface area contributed by atoms with E-state index in [1.165, 1.54) is 0 Å². The normalized spacial score (nSPS) is 18.0. The van der Waals surface area contributed by atoms with E-state index in [1.807, 2.05) is 0 Å². The molecule has 0 radical (unpaired) electrons. The highest BCUT2D eigenvalue weighted by atomic mass is 31.1. The fourth-order valence-corrected chi connectivity index (χ4v) is 4.49. The van der Waals surface area contributed by atoms with Crippen LogP contribution in [0.5, 0.6) is 0 Å². The van der Waals surface area contributed by atoms with Gasteiger partial charge in [0.05, 0.1) is 0 Å². The fourth-order valence-electron chi connectivity index (χ4n) is 1.26. The third-order valence-electron chi connectivity index (χ3n) is 3.23. The Morgan fingerprint density at radius 3 is 0.938 bits per heavy atom. The first-order valence-electron chi connectivity index (χ1n) is 5.84. The van der Waals surface area contributed by atoms with Gasteiger partial charge in [0.2, 0.25) is 0 Å². The molecular weight excluding hydrogens is 234 g/mol. The maximum atomic E-state index is 2.46. The SMILES string of the molecule is CN(N(C)P(C)C(C)(C)C)P(C)C(C)(C)C. The standard InChI is InChI=1S/C12H30N2P2/c1-11(2,3)15(9)13(7)14(8)16(10)12(4,5)6/h1-10H3. The molecule has 0 saturated carbocycles. The Balaban J connectivity index is 4.68. The van der Waals surface area contributed by atoms with Crippen LogP contribution in [-0.4, -0.2) is 47.3 Å². The van der Waals surface area contributed by atoms with Gasteiger partial charge in [0.25, 0.3) is 0 Å².